The van der Waals surface area contributed by atoms with Crippen LogP contribution in [0.2, 0.25) is 0 Å². The van der Waals surface area contributed by atoms with E-state index in [1.807, 2.05) is 0 Å². The minimum Gasteiger partial charge on any atom is -0.492 e. The zero-order valence-corrected chi connectivity index (χ0v) is 31.4. The number of benzene rings is 2. The van der Waals surface area contributed by atoms with Crippen LogP contribution in [0.1, 0.15) is 73.0 Å². The average molecular weight is 713 g/mol. The molecule has 0 heterocycles. The number of hydrogen-bond donors (Lipinski definition) is 0. The Morgan fingerprint density at radius 2 is 0.800 bits per heavy atom. The fraction of sp³-hybridized carbons (Fsp3) is 0.639. The summed E-state index contributed by atoms with van der Waals surface area (Å²) in [6.45, 7) is 3.80. The van der Waals surface area contributed by atoms with E-state index >= 15 is 0 Å². The first-order valence-corrected chi connectivity index (χ1v) is 16.6. The van der Waals surface area contributed by atoms with E-state index < -0.39 is 5.97 Å². The zero-order valence-electron chi connectivity index (χ0n) is 31.4. The van der Waals surface area contributed by atoms with Crippen LogP contribution in [0.4, 0.5) is 0 Å². The maximum absolute atomic E-state index is 13.2. The summed E-state index contributed by atoms with van der Waals surface area (Å²) >= 11 is 0. The maximum atomic E-state index is 13.2. The molecule has 0 saturated carbocycles. The van der Waals surface area contributed by atoms with Crippen molar-refractivity contribution in [3.8, 4) is 46.0 Å². The lowest BCUT2D eigenvalue weighted by Crippen LogP contribution is -2.15. The molecule has 284 valence electrons. The van der Waals surface area contributed by atoms with Crippen molar-refractivity contribution in [2.24, 2.45) is 0 Å². The van der Waals surface area contributed by atoms with Crippen LogP contribution in [0.15, 0.2) is 0 Å². The van der Waals surface area contributed by atoms with Crippen LogP contribution >= 0.6 is 0 Å². The third kappa shape index (κ3) is 10.8. The number of esters is 1. The number of hydrogen-bond acceptors (Lipinski definition) is 14. The van der Waals surface area contributed by atoms with Gasteiger partial charge in [-0.2, -0.15) is 0 Å². The first kappa shape index (κ1) is 42.3. The van der Waals surface area contributed by atoms with Gasteiger partial charge < -0.3 is 61.6 Å². The molecule has 14 nitrogen and oxygen atoms in total. The predicted molar refractivity (Wildman–Crippen MR) is 185 cm³/mol. The molecule has 14 heteroatoms. The monoisotopic (exact) mass is 712 g/mol. The minimum absolute atomic E-state index is 0.0246. The molecule has 2 aromatic carbocycles. The van der Waals surface area contributed by atoms with Gasteiger partial charge in [-0.1, -0.05) is 19.8 Å². The van der Waals surface area contributed by atoms with Crippen molar-refractivity contribution in [1.29, 1.82) is 0 Å². The average Bonchev–Trinajstić information content (AvgIpc) is 3.13. The van der Waals surface area contributed by atoms with Crippen molar-refractivity contribution in [1.82, 2.24) is 0 Å². The molecule has 0 bridgehead atoms. The highest BCUT2D eigenvalue weighted by Gasteiger charge is 2.33. The van der Waals surface area contributed by atoms with Crippen LogP contribution in [-0.2, 0) is 42.9 Å². The molecule has 0 aliphatic carbocycles. The summed E-state index contributed by atoms with van der Waals surface area (Å²) in [7, 11) is 12.3. The van der Waals surface area contributed by atoms with Crippen molar-refractivity contribution in [3.05, 3.63) is 22.3 Å². The van der Waals surface area contributed by atoms with Crippen LogP contribution in [-0.4, -0.2) is 96.6 Å². The quantitative estimate of drug-likeness (QED) is 0.0597. The molecule has 0 spiro atoms. The molecule has 0 saturated heterocycles. The van der Waals surface area contributed by atoms with Gasteiger partial charge in [-0.3, -0.25) is 0 Å². The lowest BCUT2D eigenvalue weighted by atomic mass is 9.96. The van der Waals surface area contributed by atoms with Crippen molar-refractivity contribution in [2.75, 3.05) is 90.7 Å². The van der Waals surface area contributed by atoms with Crippen molar-refractivity contribution in [3.63, 3.8) is 0 Å². The van der Waals surface area contributed by atoms with Gasteiger partial charge in [-0.05, 0) is 45.4 Å². The highest BCUT2D eigenvalue weighted by molar-refractivity contribution is 5.98. The summed E-state index contributed by atoms with van der Waals surface area (Å²) in [4.78, 5) is 13.2. The van der Waals surface area contributed by atoms with Crippen molar-refractivity contribution in [2.45, 2.75) is 65.2 Å². The Morgan fingerprint density at radius 3 is 1.16 bits per heavy atom. The third-order valence-corrected chi connectivity index (χ3v) is 7.64. The summed E-state index contributed by atoms with van der Waals surface area (Å²) in [5.74, 6) is 2.49. The van der Waals surface area contributed by atoms with Gasteiger partial charge in [0, 0.05) is 45.1 Å². The molecular weight excluding hydrogens is 656 g/mol. The number of carbonyl (C=O) groups excluding carboxylic acids is 1. The molecule has 0 fully saturated rings. The molecule has 0 radical (unpaired) electrons. The fourth-order valence-electron chi connectivity index (χ4n) is 5.58. The number of rotatable bonds is 27. The van der Waals surface area contributed by atoms with Gasteiger partial charge in [0.2, 0.25) is 0 Å². The number of carbonyl (C=O) groups is 1. The largest absolute Gasteiger partial charge is 0.492 e. The van der Waals surface area contributed by atoms with Gasteiger partial charge in [0.1, 0.15) is 0 Å². The first-order chi connectivity index (χ1) is 24.4. The molecule has 2 rings (SSSR count). The molecule has 0 aliphatic rings. The molecular formula is C36H56O14. The Balaban J connectivity index is 2.55. The SMILES string of the molecule is CCCCc1c(OC)c(OCOC)c(CCCCCc2c(OCOC)c(OC)c(C(=O)OCC)c(OCOC)c2OC)c(OC)c1OCOC. The summed E-state index contributed by atoms with van der Waals surface area (Å²) in [5, 5.41) is 0. The van der Waals surface area contributed by atoms with Crippen LogP contribution in [0.3, 0.4) is 0 Å². The van der Waals surface area contributed by atoms with Gasteiger partial charge in [0.25, 0.3) is 0 Å². The maximum Gasteiger partial charge on any atom is 0.346 e. The zero-order chi connectivity index (χ0) is 36.9. The molecule has 0 N–H and O–H groups in total. The Bertz CT molecular complexity index is 1310. The van der Waals surface area contributed by atoms with Crippen LogP contribution < -0.4 is 37.9 Å². The number of ether oxygens (including phenoxy) is 13. The van der Waals surface area contributed by atoms with E-state index in [1.165, 1.54) is 28.4 Å². The van der Waals surface area contributed by atoms with Crippen LogP contribution in [0.25, 0.3) is 0 Å². The highest BCUT2D eigenvalue weighted by Crippen LogP contribution is 2.51. The van der Waals surface area contributed by atoms with Gasteiger partial charge in [0.15, 0.2) is 78.7 Å². The summed E-state index contributed by atoms with van der Waals surface area (Å²) in [6.07, 6.45) is 5.85. The second-order valence-electron chi connectivity index (χ2n) is 10.8. The first-order valence-electron chi connectivity index (χ1n) is 16.6. The minimum atomic E-state index is -0.659. The van der Waals surface area contributed by atoms with Crippen molar-refractivity contribution < 1.29 is 66.4 Å². The Hall–Kier alpha value is -3.85. The van der Waals surface area contributed by atoms with E-state index in [2.05, 4.69) is 6.92 Å². The number of unbranched alkanes of at least 4 members (excludes halogenated alkanes) is 3. The van der Waals surface area contributed by atoms with E-state index in [4.69, 9.17) is 61.6 Å². The fourth-order valence-corrected chi connectivity index (χ4v) is 5.58. The smallest absolute Gasteiger partial charge is 0.346 e. The predicted octanol–water partition coefficient (Wildman–Crippen LogP) is 6.13. The summed E-state index contributed by atoms with van der Waals surface area (Å²) in [5.41, 5.74) is 2.31. The van der Waals surface area contributed by atoms with Gasteiger partial charge in [0.05, 0.1) is 35.0 Å². The topological polar surface area (TPSA) is 137 Å². The van der Waals surface area contributed by atoms with Crippen LogP contribution in [0, 0.1) is 0 Å². The van der Waals surface area contributed by atoms with E-state index in [0.29, 0.717) is 65.7 Å². The second-order valence-corrected chi connectivity index (χ2v) is 10.8. The molecule has 2 aromatic rings. The Morgan fingerprint density at radius 1 is 0.440 bits per heavy atom. The van der Waals surface area contributed by atoms with Gasteiger partial charge in [-0.25, -0.2) is 4.79 Å². The molecule has 0 amide bonds. The third-order valence-electron chi connectivity index (χ3n) is 7.64. The second kappa shape index (κ2) is 23.5. The van der Waals surface area contributed by atoms with Gasteiger partial charge >= 0.3 is 5.97 Å². The Labute approximate surface area is 296 Å². The van der Waals surface area contributed by atoms with E-state index in [-0.39, 0.29) is 50.8 Å². The molecule has 0 aliphatic heterocycles. The number of methoxy groups -OCH3 is 8. The van der Waals surface area contributed by atoms with E-state index in [1.54, 1.807) is 35.4 Å². The lowest BCUT2D eigenvalue weighted by molar-refractivity contribution is 0.0387. The van der Waals surface area contributed by atoms with Crippen molar-refractivity contribution >= 4 is 5.97 Å². The van der Waals surface area contributed by atoms with Crippen LogP contribution in [0.5, 0.6) is 46.0 Å². The van der Waals surface area contributed by atoms with E-state index in [9.17, 15) is 4.79 Å². The molecule has 0 atom stereocenters. The molecule has 50 heavy (non-hydrogen) atoms. The highest BCUT2D eigenvalue weighted by atomic mass is 16.7. The lowest BCUT2D eigenvalue weighted by Gasteiger charge is -2.24. The normalized spacial score (nSPS) is 10.8. The molecule has 0 aromatic heterocycles. The molecule has 0 unspecified atom stereocenters. The standard InChI is InChI=1S/C36H56O14/c1-11-13-17-24-28(42-7)32(48-21-39-4)25(29(43-8)31(24)47-20-38-3)18-15-14-16-19-26-30(44-9)35(50-23-41-6)27(36(37)46-12-2)34(45-10)33(26)49-22-40-5/h11-23H2,1-10H3. The van der Waals surface area contributed by atoms with E-state index in [0.717, 1.165) is 36.8 Å². The summed E-state index contributed by atoms with van der Waals surface area (Å²) < 4.78 is 73.8. The Kier molecular flexibility index (Phi) is 19.9. The summed E-state index contributed by atoms with van der Waals surface area (Å²) in [6, 6.07) is 0. The van der Waals surface area contributed by atoms with Gasteiger partial charge in [-0.15, -0.1) is 0 Å².